The van der Waals surface area contributed by atoms with E-state index >= 15 is 0 Å². The van der Waals surface area contributed by atoms with E-state index in [0.717, 1.165) is 25.2 Å². The normalized spacial score (nSPS) is 18.9. The number of hydrogen-bond donors (Lipinski definition) is 1. The number of pyridine rings is 1. The number of likely N-dealkylation sites (tertiary alicyclic amines) is 1. The summed E-state index contributed by atoms with van der Waals surface area (Å²) in [6.45, 7) is 4.27. The lowest BCUT2D eigenvalue weighted by Gasteiger charge is -2.15. The fourth-order valence-corrected chi connectivity index (χ4v) is 2.02. The van der Waals surface area contributed by atoms with E-state index in [1.54, 1.807) is 18.3 Å². The van der Waals surface area contributed by atoms with Crippen LogP contribution >= 0.6 is 12.4 Å². The highest BCUT2D eigenvalue weighted by atomic mass is 35.5. The molecule has 4 nitrogen and oxygen atoms in total. The highest BCUT2D eigenvalue weighted by Gasteiger charge is 2.24. The zero-order chi connectivity index (χ0) is 11.5. The first-order chi connectivity index (χ1) is 7.70. The quantitative estimate of drug-likeness (QED) is 0.870. The molecule has 5 heteroatoms. The van der Waals surface area contributed by atoms with Crippen molar-refractivity contribution in [3.63, 3.8) is 0 Å². The van der Waals surface area contributed by atoms with Crippen molar-refractivity contribution in [1.82, 2.24) is 9.88 Å². The summed E-state index contributed by atoms with van der Waals surface area (Å²) in [6.07, 6.45) is 2.75. The van der Waals surface area contributed by atoms with Gasteiger partial charge in [0.1, 0.15) is 0 Å². The summed E-state index contributed by atoms with van der Waals surface area (Å²) in [5.74, 6) is 0.709. The van der Waals surface area contributed by atoms with Gasteiger partial charge < -0.3 is 10.6 Å². The number of nitrogens with zero attached hydrogens (tertiary/aromatic N) is 2. The molecule has 0 saturated carbocycles. The molecular weight excluding hydrogens is 238 g/mol. The molecule has 0 spiro atoms. The Kier molecular flexibility index (Phi) is 4.90. The van der Waals surface area contributed by atoms with Crippen LogP contribution in [0.3, 0.4) is 0 Å². The highest BCUT2D eigenvalue weighted by molar-refractivity contribution is 5.94. The van der Waals surface area contributed by atoms with Gasteiger partial charge >= 0.3 is 0 Å². The lowest BCUT2D eigenvalue weighted by atomic mass is 10.2. The van der Waals surface area contributed by atoms with Crippen LogP contribution in [0.25, 0.3) is 0 Å². The SMILES string of the molecule is CC1CCN(C(=O)c2ccnc(CN)c2)C1.Cl. The van der Waals surface area contributed by atoms with Gasteiger partial charge in [0.2, 0.25) is 0 Å². The molecule has 0 bridgehead atoms. The summed E-state index contributed by atoms with van der Waals surface area (Å²) in [7, 11) is 0. The van der Waals surface area contributed by atoms with Crippen LogP contribution in [0, 0.1) is 5.92 Å². The van der Waals surface area contributed by atoms with Crippen LogP contribution < -0.4 is 5.73 Å². The van der Waals surface area contributed by atoms with E-state index in [4.69, 9.17) is 5.73 Å². The molecule has 1 aromatic heterocycles. The van der Waals surface area contributed by atoms with Crippen molar-refractivity contribution in [2.24, 2.45) is 11.7 Å². The Bertz CT molecular complexity index is 397. The number of hydrogen-bond acceptors (Lipinski definition) is 3. The number of amides is 1. The Hall–Kier alpha value is -1.13. The van der Waals surface area contributed by atoms with Gasteiger partial charge in [-0.15, -0.1) is 12.4 Å². The molecule has 1 amide bonds. The first kappa shape index (κ1) is 13.9. The van der Waals surface area contributed by atoms with Gasteiger partial charge in [-0.25, -0.2) is 0 Å². The van der Waals surface area contributed by atoms with Gasteiger partial charge in [0.15, 0.2) is 0 Å². The third kappa shape index (κ3) is 3.17. The minimum atomic E-state index is 0. The number of carbonyl (C=O) groups is 1. The van der Waals surface area contributed by atoms with Gasteiger partial charge in [-0.3, -0.25) is 9.78 Å². The molecule has 94 valence electrons. The number of halogens is 1. The van der Waals surface area contributed by atoms with Crippen LogP contribution in [0.5, 0.6) is 0 Å². The molecule has 17 heavy (non-hydrogen) atoms. The minimum Gasteiger partial charge on any atom is -0.338 e. The van der Waals surface area contributed by atoms with Crippen molar-refractivity contribution in [3.05, 3.63) is 29.6 Å². The predicted molar refractivity (Wildman–Crippen MR) is 69.1 cm³/mol. The fraction of sp³-hybridized carbons (Fsp3) is 0.500. The fourth-order valence-electron chi connectivity index (χ4n) is 2.02. The van der Waals surface area contributed by atoms with Gasteiger partial charge in [-0.1, -0.05) is 6.92 Å². The second kappa shape index (κ2) is 5.98. The average Bonchev–Trinajstić information content (AvgIpc) is 2.75. The number of carbonyl (C=O) groups excluding carboxylic acids is 1. The maximum absolute atomic E-state index is 12.1. The maximum Gasteiger partial charge on any atom is 0.253 e. The van der Waals surface area contributed by atoms with Gasteiger partial charge in [-0.05, 0) is 24.5 Å². The maximum atomic E-state index is 12.1. The zero-order valence-corrected chi connectivity index (χ0v) is 10.7. The van der Waals surface area contributed by atoms with Gasteiger partial charge in [0, 0.05) is 31.4 Å². The molecule has 0 radical (unpaired) electrons. The van der Waals surface area contributed by atoms with Gasteiger partial charge in [-0.2, -0.15) is 0 Å². The van der Waals surface area contributed by atoms with Crippen molar-refractivity contribution < 1.29 is 4.79 Å². The third-order valence-corrected chi connectivity index (χ3v) is 2.98. The molecule has 1 atom stereocenters. The lowest BCUT2D eigenvalue weighted by molar-refractivity contribution is 0.0788. The van der Waals surface area contributed by atoms with Crippen molar-refractivity contribution in [2.45, 2.75) is 19.9 Å². The molecule has 0 aromatic carbocycles. The van der Waals surface area contributed by atoms with E-state index in [0.29, 0.717) is 18.0 Å². The number of aromatic nitrogens is 1. The molecular formula is C12H18ClN3O. The highest BCUT2D eigenvalue weighted by Crippen LogP contribution is 2.17. The van der Waals surface area contributed by atoms with Crippen molar-refractivity contribution in [3.8, 4) is 0 Å². The van der Waals surface area contributed by atoms with E-state index in [2.05, 4.69) is 11.9 Å². The average molecular weight is 256 g/mol. The number of rotatable bonds is 2. The van der Waals surface area contributed by atoms with Crippen LogP contribution in [0.15, 0.2) is 18.3 Å². The molecule has 1 aliphatic rings. The first-order valence-corrected chi connectivity index (χ1v) is 5.65. The summed E-state index contributed by atoms with van der Waals surface area (Å²) in [5, 5.41) is 0. The molecule has 1 aliphatic heterocycles. The molecule has 1 aromatic rings. The van der Waals surface area contributed by atoms with E-state index in [1.165, 1.54) is 0 Å². The van der Waals surface area contributed by atoms with Crippen molar-refractivity contribution in [2.75, 3.05) is 13.1 Å². The molecule has 2 rings (SSSR count). The smallest absolute Gasteiger partial charge is 0.253 e. The molecule has 1 saturated heterocycles. The third-order valence-electron chi connectivity index (χ3n) is 2.98. The van der Waals surface area contributed by atoms with Gasteiger partial charge in [0.25, 0.3) is 5.91 Å². The Balaban J connectivity index is 0.00000144. The molecule has 2 heterocycles. The Morgan fingerprint density at radius 2 is 2.41 bits per heavy atom. The molecule has 0 aliphatic carbocycles. The van der Waals surface area contributed by atoms with Crippen LogP contribution in [-0.4, -0.2) is 28.9 Å². The summed E-state index contributed by atoms with van der Waals surface area (Å²) in [6, 6.07) is 3.54. The summed E-state index contributed by atoms with van der Waals surface area (Å²) >= 11 is 0. The second-order valence-electron chi connectivity index (χ2n) is 4.38. The van der Waals surface area contributed by atoms with Crippen LogP contribution in [0.2, 0.25) is 0 Å². The summed E-state index contributed by atoms with van der Waals surface area (Å²) < 4.78 is 0. The Morgan fingerprint density at radius 3 is 3.00 bits per heavy atom. The van der Waals surface area contributed by atoms with Crippen molar-refractivity contribution in [1.29, 1.82) is 0 Å². The lowest BCUT2D eigenvalue weighted by Crippen LogP contribution is -2.28. The Labute approximate surface area is 108 Å². The molecule has 2 N–H and O–H groups in total. The molecule has 1 fully saturated rings. The molecule has 1 unspecified atom stereocenters. The summed E-state index contributed by atoms with van der Waals surface area (Å²) in [4.78, 5) is 18.1. The first-order valence-electron chi connectivity index (χ1n) is 5.65. The van der Waals surface area contributed by atoms with Crippen LogP contribution in [-0.2, 0) is 6.54 Å². The van der Waals surface area contributed by atoms with Gasteiger partial charge in [0.05, 0.1) is 5.69 Å². The minimum absolute atomic E-state index is 0. The van der Waals surface area contributed by atoms with Crippen molar-refractivity contribution >= 4 is 18.3 Å². The van der Waals surface area contributed by atoms with E-state index in [1.807, 2.05) is 4.90 Å². The number of nitrogens with two attached hydrogens (primary N) is 1. The van der Waals surface area contributed by atoms with E-state index < -0.39 is 0 Å². The standard InChI is InChI=1S/C12H17N3O.ClH/c1-9-3-5-15(8-9)12(16)10-2-4-14-11(6-10)7-13;/h2,4,6,9H,3,5,7-8,13H2,1H3;1H. The predicted octanol–water partition coefficient (Wildman–Crippen LogP) is 1.44. The second-order valence-corrected chi connectivity index (χ2v) is 4.38. The monoisotopic (exact) mass is 255 g/mol. The van der Waals surface area contributed by atoms with E-state index in [-0.39, 0.29) is 18.3 Å². The summed E-state index contributed by atoms with van der Waals surface area (Å²) in [5.41, 5.74) is 6.97. The topological polar surface area (TPSA) is 59.2 Å². The Morgan fingerprint density at radius 1 is 1.65 bits per heavy atom. The van der Waals surface area contributed by atoms with Crippen LogP contribution in [0.4, 0.5) is 0 Å². The largest absolute Gasteiger partial charge is 0.338 e. The van der Waals surface area contributed by atoms with E-state index in [9.17, 15) is 4.79 Å². The van der Waals surface area contributed by atoms with Crippen LogP contribution in [0.1, 0.15) is 29.4 Å². The zero-order valence-electron chi connectivity index (χ0n) is 9.93.